The highest BCUT2D eigenvalue weighted by molar-refractivity contribution is 6.32. The number of nitrogens with zero attached hydrogens (tertiary/aromatic N) is 3. The lowest BCUT2D eigenvalue weighted by molar-refractivity contribution is -0.104. The summed E-state index contributed by atoms with van der Waals surface area (Å²) in [7, 11) is 0. The number of benzene rings is 4. The number of aromatic nitrogens is 1. The van der Waals surface area contributed by atoms with Crippen molar-refractivity contribution in [1.29, 1.82) is 0 Å². The van der Waals surface area contributed by atoms with Gasteiger partial charge in [-0.15, -0.1) is 12.4 Å². The molecule has 7 nitrogen and oxygen atoms in total. The van der Waals surface area contributed by atoms with E-state index in [1.165, 1.54) is 11.1 Å². The van der Waals surface area contributed by atoms with Gasteiger partial charge in [0.15, 0.2) is 5.75 Å². The first-order valence-corrected chi connectivity index (χ1v) is 17.9. The Kier molecular flexibility index (Phi) is 14.3. The van der Waals surface area contributed by atoms with Crippen molar-refractivity contribution < 1.29 is 19.0 Å². The van der Waals surface area contributed by atoms with Gasteiger partial charge in [-0.1, -0.05) is 89.4 Å². The van der Waals surface area contributed by atoms with Crippen molar-refractivity contribution in [3.05, 3.63) is 152 Å². The zero-order valence-electron chi connectivity index (χ0n) is 28.6. The maximum absolute atomic E-state index is 11.8. The highest BCUT2D eigenvalue weighted by Gasteiger charge is 2.22. The lowest BCUT2D eigenvalue weighted by atomic mass is 10.1. The predicted octanol–water partition coefficient (Wildman–Crippen LogP) is 10.1. The van der Waals surface area contributed by atoms with E-state index in [1.807, 2.05) is 67.6 Å². The molecule has 1 saturated heterocycles. The lowest BCUT2D eigenvalue weighted by Gasteiger charge is -2.37. The number of aryl methyl sites for hydroxylation is 1. The topological polar surface area (TPSA) is 64.1 Å². The van der Waals surface area contributed by atoms with Crippen LogP contribution < -0.4 is 14.2 Å². The normalized spacial score (nSPS) is 13.3. The molecular formula is C41H39Cl4N3O4. The fraction of sp³-hybridized carbons (Fsp3) is 0.220. The van der Waals surface area contributed by atoms with Gasteiger partial charge in [-0.25, -0.2) is 4.98 Å². The Hall–Kier alpha value is -4.24. The second-order valence-electron chi connectivity index (χ2n) is 12.2. The average Bonchev–Trinajstić information content (AvgIpc) is 3.14. The number of ether oxygens (including phenoxy) is 3. The van der Waals surface area contributed by atoms with E-state index < -0.39 is 0 Å². The number of aldehydes is 1. The molecule has 11 heteroatoms. The van der Waals surface area contributed by atoms with Gasteiger partial charge in [0.1, 0.15) is 24.4 Å². The van der Waals surface area contributed by atoms with Gasteiger partial charge in [0.2, 0.25) is 5.88 Å². The number of rotatable bonds is 14. The van der Waals surface area contributed by atoms with Crippen LogP contribution in [0.3, 0.4) is 0 Å². The highest BCUT2D eigenvalue weighted by atomic mass is 35.5. The Labute approximate surface area is 326 Å². The molecule has 270 valence electrons. The number of piperazine rings is 1. The average molecular weight is 780 g/mol. The third kappa shape index (κ3) is 10.4. The zero-order valence-corrected chi connectivity index (χ0v) is 31.7. The van der Waals surface area contributed by atoms with E-state index in [4.69, 9.17) is 49.0 Å². The van der Waals surface area contributed by atoms with Gasteiger partial charge in [0, 0.05) is 67.6 Å². The van der Waals surface area contributed by atoms with Gasteiger partial charge in [-0.05, 0) is 65.6 Å². The SMILES string of the molecule is Cc1cc(/C(=C\C=O)N2CCN(Cc3ccc(CCOc4ccccc4Cl)cc3)CC2)cc(Cl)c1Oc1ccc(OCc2ccccc2Cl)cn1.Cl. The molecule has 0 unspecified atom stereocenters. The lowest BCUT2D eigenvalue weighted by Crippen LogP contribution is -2.45. The van der Waals surface area contributed by atoms with Gasteiger partial charge < -0.3 is 19.1 Å². The number of halogens is 4. The fourth-order valence-corrected chi connectivity index (χ4v) is 6.59. The van der Waals surface area contributed by atoms with Crippen LogP contribution in [0.2, 0.25) is 15.1 Å². The molecule has 0 N–H and O–H groups in total. The molecule has 0 atom stereocenters. The van der Waals surface area contributed by atoms with Gasteiger partial charge in [0.05, 0.1) is 22.8 Å². The Morgan fingerprint density at radius 3 is 2.19 bits per heavy atom. The van der Waals surface area contributed by atoms with Crippen molar-refractivity contribution in [3.8, 4) is 23.1 Å². The molecule has 1 fully saturated rings. The number of hydrogen-bond acceptors (Lipinski definition) is 7. The molecule has 0 saturated carbocycles. The van der Waals surface area contributed by atoms with E-state index in [0.717, 1.165) is 67.8 Å². The molecule has 5 aromatic rings. The Morgan fingerprint density at radius 2 is 1.52 bits per heavy atom. The largest absolute Gasteiger partial charge is 0.492 e. The van der Waals surface area contributed by atoms with Crippen LogP contribution in [0.5, 0.6) is 23.1 Å². The van der Waals surface area contributed by atoms with Crippen molar-refractivity contribution in [2.75, 3.05) is 32.8 Å². The third-order valence-corrected chi connectivity index (χ3v) is 9.61. The summed E-state index contributed by atoms with van der Waals surface area (Å²) >= 11 is 19.2. The molecule has 52 heavy (non-hydrogen) atoms. The summed E-state index contributed by atoms with van der Waals surface area (Å²) in [6, 6.07) is 31.1. The number of carbonyl (C=O) groups is 1. The number of para-hydroxylation sites is 1. The molecule has 1 aromatic heterocycles. The number of hydrogen-bond donors (Lipinski definition) is 0. The molecule has 6 rings (SSSR count). The molecule has 2 heterocycles. The standard InChI is InChI=1S/C41H38Cl3N3O4.ClH/c1-29-24-33(25-37(44)41(29)51-40-15-14-34(26-45-40)50-28-32-6-2-3-7-35(32)42)38(16-22-48)47-20-18-46(19-21-47)27-31-12-10-30(11-13-31)17-23-49-39-9-5-4-8-36(39)43;/h2-16,22,24-26H,17-21,23,27-28H2,1H3;1H/b38-16+;. The quantitative estimate of drug-likeness (QED) is 0.0822. The summed E-state index contributed by atoms with van der Waals surface area (Å²) in [6.07, 6.45) is 4.84. The summed E-state index contributed by atoms with van der Waals surface area (Å²) < 4.78 is 17.8. The van der Waals surface area contributed by atoms with Crippen LogP contribution in [0.25, 0.3) is 5.70 Å². The second kappa shape index (κ2) is 19.0. The zero-order chi connectivity index (χ0) is 35.6. The van der Waals surface area contributed by atoms with E-state index in [0.29, 0.717) is 51.4 Å². The molecular weight excluding hydrogens is 740 g/mol. The minimum Gasteiger partial charge on any atom is -0.492 e. The summed E-state index contributed by atoms with van der Waals surface area (Å²) in [4.78, 5) is 20.8. The van der Waals surface area contributed by atoms with Crippen molar-refractivity contribution in [1.82, 2.24) is 14.8 Å². The van der Waals surface area contributed by atoms with Gasteiger partial charge >= 0.3 is 0 Å². The first-order chi connectivity index (χ1) is 24.9. The van der Waals surface area contributed by atoms with Gasteiger partial charge in [-0.3, -0.25) is 9.69 Å². The van der Waals surface area contributed by atoms with E-state index >= 15 is 0 Å². The fourth-order valence-electron chi connectivity index (χ4n) is 5.91. The molecule has 0 aliphatic carbocycles. The van der Waals surface area contributed by atoms with Crippen molar-refractivity contribution in [3.63, 3.8) is 0 Å². The van der Waals surface area contributed by atoms with Gasteiger partial charge in [0.25, 0.3) is 0 Å². The molecule has 1 aliphatic heterocycles. The van der Waals surface area contributed by atoms with Crippen LogP contribution in [0.1, 0.15) is 27.8 Å². The minimum atomic E-state index is 0. The second-order valence-corrected chi connectivity index (χ2v) is 13.4. The molecule has 0 radical (unpaired) electrons. The minimum absolute atomic E-state index is 0. The summed E-state index contributed by atoms with van der Waals surface area (Å²) in [5.41, 5.74) is 5.89. The van der Waals surface area contributed by atoms with Crippen molar-refractivity contribution >= 4 is 59.2 Å². The number of pyridine rings is 1. The van der Waals surface area contributed by atoms with Crippen LogP contribution >= 0.6 is 47.2 Å². The highest BCUT2D eigenvalue weighted by Crippen LogP contribution is 2.36. The Morgan fingerprint density at radius 1 is 0.808 bits per heavy atom. The Bertz CT molecular complexity index is 1940. The molecule has 0 spiro atoms. The van der Waals surface area contributed by atoms with Crippen LogP contribution in [-0.2, 0) is 24.4 Å². The number of carbonyl (C=O) groups excluding carboxylic acids is 1. The van der Waals surface area contributed by atoms with Crippen LogP contribution in [0.4, 0.5) is 0 Å². The molecule has 4 aromatic carbocycles. The van der Waals surface area contributed by atoms with E-state index in [9.17, 15) is 4.79 Å². The van der Waals surface area contributed by atoms with E-state index in [-0.39, 0.29) is 12.4 Å². The maximum Gasteiger partial charge on any atom is 0.219 e. The smallest absolute Gasteiger partial charge is 0.219 e. The molecule has 0 amide bonds. The number of allylic oxidation sites excluding steroid dienone is 1. The van der Waals surface area contributed by atoms with E-state index in [2.05, 4.69) is 39.0 Å². The molecule has 1 aliphatic rings. The third-order valence-electron chi connectivity index (χ3n) is 8.65. The van der Waals surface area contributed by atoms with Crippen molar-refractivity contribution in [2.45, 2.75) is 26.5 Å². The van der Waals surface area contributed by atoms with Gasteiger partial charge in [-0.2, -0.15) is 0 Å². The van der Waals surface area contributed by atoms with Crippen molar-refractivity contribution in [2.24, 2.45) is 0 Å². The summed E-state index contributed by atoms with van der Waals surface area (Å²) in [5.74, 6) is 2.19. The van der Waals surface area contributed by atoms with Crippen LogP contribution in [0.15, 0.2) is 109 Å². The first-order valence-electron chi connectivity index (χ1n) is 16.7. The monoisotopic (exact) mass is 777 g/mol. The van der Waals surface area contributed by atoms with Crippen LogP contribution in [-0.4, -0.2) is 53.9 Å². The first kappa shape index (κ1) is 39.0. The summed E-state index contributed by atoms with van der Waals surface area (Å²) in [6.45, 7) is 6.97. The van der Waals surface area contributed by atoms with Crippen LogP contribution in [0, 0.1) is 6.92 Å². The Balaban J connectivity index is 0.00000523. The molecule has 0 bridgehead atoms. The maximum atomic E-state index is 11.8. The summed E-state index contributed by atoms with van der Waals surface area (Å²) in [5, 5.41) is 1.71. The predicted molar refractivity (Wildman–Crippen MR) is 212 cm³/mol. The van der Waals surface area contributed by atoms with E-state index in [1.54, 1.807) is 24.4 Å².